The first-order valence-electron chi connectivity index (χ1n) is 10.6. The molecule has 0 spiro atoms. The summed E-state index contributed by atoms with van der Waals surface area (Å²) >= 11 is 0. The fourth-order valence-corrected chi connectivity index (χ4v) is 5.04. The maximum atomic E-state index is 13.5. The fraction of sp³-hybridized carbons (Fsp3) is 0.208. The molecule has 3 aromatic rings. The van der Waals surface area contributed by atoms with Crippen molar-refractivity contribution in [1.29, 1.82) is 0 Å². The first-order chi connectivity index (χ1) is 17.0. The zero-order valence-corrected chi connectivity index (χ0v) is 19.9. The van der Waals surface area contributed by atoms with E-state index in [-0.39, 0.29) is 28.6 Å². The van der Waals surface area contributed by atoms with Gasteiger partial charge in [0.1, 0.15) is 17.2 Å². The van der Waals surface area contributed by atoms with Crippen LogP contribution in [0.15, 0.2) is 71.6 Å². The second-order valence-corrected chi connectivity index (χ2v) is 9.71. The van der Waals surface area contributed by atoms with Crippen molar-refractivity contribution in [2.75, 3.05) is 23.3 Å². The van der Waals surface area contributed by atoms with E-state index in [1.165, 1.54) is 43.5 Å². The highest BCUT2D eigenvalue weighted by Crippen LogP contribution is 2.38. The summed E-state index contributed by atoms with van der Waals surface area (Å²) in [6, 6.07) is 15.3. The molecular formula is C24H21F3N2O6S. The van der Waals surface area contributed by atoms with Crippen molar-refractivity contribution < 1.29 is 40.6 Å². The second kappa shape index (κ2) is 9.61. The Bertz CT molecular complexity index is 1360. The van der Waals surface area contributed by atoms with E-state index in [2.05, 4.69) is 10.1 Å². The number of rotatable bonds is 6. The zero-order chi connectivity index (χ0) is 26.1. The van der Waals surface area contributed by atoms with Crippen molar-refractivity contribution in [3.63, 3.8) is 0 Å². The van der Waals surface area contributed by atoms with E-state index in [1.807, 2.05) is 0 Å². The van der Waals surface area contributed by atoms with E-state index >= 15 is 0 Å². The van der Waals surface area contributed by atoms with E-state index in [9.17, 15) is 26.4 Å². The summed E-state index contributed by atoms with van der Waals surface area (Å²) in [6.45, 7) is 1.46. The van der Waals surface area contributed by atoms with E-state index in [1.54, 1.807) is 25.1 Å². The molecule has 1 aliphatic heterocycles. The van der Waals surface area contributed by atoms with Crippen LogP contribution in [0.25, 0.3) is 0 Å². The van der Waals surface area contributed by atoms with Gasteiger partial charge in [-0.15, -0.1) is 13.2 Å². The van der Waals surface area contributed by atoms with Crippen molar-refractivity contribution >= 4 is 27.3 Å². The summed E-state index contributed by atoms with van der Waals surface area (Å²) in [6.07, 6.45) is -6.08. The van der Waals surface area contributed by atoms with Gasteiger partial charge in [0.2, 0.25) is 0 Å². The standard InChI is InChI=1S/C24H21F3N2O6S/c1-15-3-12-20-21(13-15)34-22(14-29(20)36(31,32)19-10-8-17(33-2)9-11-19)23(30)28-16-4-6-18(7-5-16)35-24(25,26)27/h3-13,22H,14H2,1-2H3,(H,28,30)/t22-/m0/s1. The number of ether oxygens (including phenoxy) is 3. The third-order valence-corrected chi connectivity index (χ3v) is 7.07. The van der Waals surface area contributed by atoms with Gasteiger partial charge in [0, 0.05) is 5.69 Å². The Morgan fingerprint density at radius 2 is 1.67 bits per heavy atom. The van der Waals surface area contributed by atoms with Crippen LogP contribution in [0.1, 0.15) is 5.56 Å². The molecule has 1 heterocycles. The number of hydrogen-bond acceptors (Lipinski definition) is 6. The van der Waals surface area contributed by atoms with E-state index in [0.717, 1.165) is 22.0 Å². The van der Waals surface area contributed by atoms with Gasteiger partial charge in [-0.3, -0.25) is 9.10 Å². The Kier molecular flexibility index (Phi) is 6.72. The molecule has 0 bridgehead atoms. The number of fused-ring (bicyclic) bond motifs is 1. The Balaban J connectivity index is 1.59. The number of aryl methyl sites for hydroxylation is 1. The monoisotopic (exact) mass is 522 g/mol. The topological polar surface area (TPSA) is 94.2 Å². The van der Waals surface area contributed by atoms with Crippen LogP contribution in [0.3, 0.4) is 0 Å². The summed E-state index contributed by atoms with van der Waals surface area (Å²) in [7, 11) is -2.62. The van der Waals surface area contributed by atoms with Crippen LogP contribution in [0.2, 0.25) is 0 Å². The quantitative estimate of drug-likeness (QED) is 0.513. The lowest BCUT2D eigenvalue weighted by Crippen LogP contribution is -2.48. The number of amides is 1. The lowest BCUT2D eigenvalue weighted by Gasteiger charge is -2.35. The molecule has 1 atom stereocenters. The Hall–Kier alpha value is -3.93. The summed E-state index contributed by atoms with van der Waals surface area (Å²) < 4.78 is 79.9. The number of anilines is 2. The smallest absolute Gasteiger partial charge is 0.497 e. The van der Waals surface area contributed by atoms with E-state index < -0.39 is 34.1 Å². The molecule has 0 fully saturated rings. The van der Waals surface area contributed by atoms with Gasteiger partial charge in [0.15, 0.2) is 6.10 Å². The molecular weight excluding hydrogens is 501 g/mol. The molecule has 0 saturated carbocycles. The number of methoxy groups -OCH3 is 1. The Morgan fingerprint density at radius 3 is 2.28 bits per heavy atom. The normalized spacial score (nSPS) is 15.5. The van der Waals surface area contributed by atoms with Crippen LogP contribution in [-0.2, 0) is 14.8 Å². The fourth-order valence-electron chi connectivity index (χ4n) is 3.56. The van der Waals surface area contributed by atoms with Gasteiger partial charge in [-0.25, -0.2) is 8.42 Å². The van der Waals surface area contributed by atoms with Crippen LogP contribution >= 0.6 is 0 Å². The first-order valence-corrected chi connectivity index (χ1v) is 12.0. The average Bonchev–Trinajstić information content (AvgIpc) is 2.83. The maximum Gasteiger partial charge on any atom is 0.573 e. The number of sulfonamides is 1. The van der Waals surface area contributed by atoms with E-state index in [4.69, 9.17) is 9.47 Å². The van der Waals surface area contributed by atoms with Crippen LogP contribution < -0.4 is 23.8 Å². The van der Waals surface area contributed by atoms with Crippen molar-refractivity contribution in [1.82, 2.24) is 0 Å². The molecule has 0 aliphatic carbocycles. The molecule has 190 valence electrons. The predicted molar refractivity (Wildman–Crippen MR) is 125 cm³/mol. The number of halogens is 3. The molecule has 4 rings (SSSR count). The highest BCUT2D eigenvalue weighted by molar-refractivity contribution is 7.92. The van der Waals surface area contributed by atoms with Gasteiger partial charge in [-0.05, 0) is 73.2 Å². The van der Waals surface area contributed by atoms with Crippen LogP contribution in [0, 0.1) is 6.92 Å². The summed E-state index contributed by atoms with van der Waals surface area (Å²) in [5.41, 5.74) is 1.24. The minimum absolute atomic E-state index is 0.00358. The highest BCUT2D eigenvalue weighted by atomic mass is 32.2. The molecule has 1 amide bonds. The largest absolute Gasteiger partial charge is 0.573 e. The Labute approximate surface area is 205 Å². The van der Waals surface area contributed by atoms with Crippen LogP contribution in [0.4, 0.5) is 24.5 Å². The minimum atomic E-state index is -4.84. The highest BCUT2D eigenvalue weighted by Gasteiger charge is 2.38. The van der Waals surface area contributed by atoms with Gasteiger partial charge in [-0.2, -0.15) is 0 Å². The van der Waals surface area contributed by atoms with Crippen molar-refractivity contribution in [3.8, 4) is 17.2 Å². The summed E-state index contributed by atoms with van der Waals surface area (Å²) in [5, 5.41) is 2.54. The minimum Gasteiger partial charge on any atom is -0.497 e. The van der Waals surface area contributed by atoms with Gasteiger partial charge in [0.05, 0.1) is 24.2 Å². The number of nitrogens with one attached hydrogen (secondary N) is 1. The molecule has 0 radical (unpaired) electrons. The Morgan fingerprint density at radius 1 is 1.03 bits per heavy atom. The van der Waals surface area contributed by atoms with Gasteiger partial charge >= 0.3 is 6.36 Å². The second-order valence-electron chi connectivity index (χ2n) is 7.85. The maximum absolute atomic E-state index is 13.5. The summed E-state index contributed by atoms with van der Waals surface area (Å²) in [4.78, 5) is 13.0. The van der Waals surface area contributed by atoms with Gasteiger partial charge in [-0.1, -0.05) is 6.07 Å². The molecule has 1 N–H and O–H groups in total. The average molecular weight is 523 g/mol. The number of carbonyl (C=O) groups excluding carboxylic acids is 1. The van der Waals surface area contributed by atoms with Gasteiger partial charge < -0.3 is 19.5 Å². The lowest BCUT2D eigenvalue weighted by atomic mass is 10.1. The third-order valence-electron chi connectivity index (χ3n) is 5.28. The third kappa shape index (κ3) is 5.48. The van der Waals surface area contributed by atoms with Crippen LogP contribution in [-0.4, -0.2) is 40.4 Å². The summed E-state index contributed by atoms with van der Waals surface area (Å²) in [5.74, 6) is -0.444. The van der Waals surface area contributed by atoms with Crippen molar-refractivity contribution in [3.05, 3.63) is 72.3 Å². The number of benzene rings is 3. The predicted octanol–water partition coefficient (Wildman–Crippen LogP) is 4.50. The number of alkyl halides is 3. The molecule has 0 aromatic heterocycles. The molecule has 0 unspecified atom stereocenters. The van der Waals surface area contributed by atoms with Crippen molar-refractivity contribution in [2.45, 2.75) is 24.3 Å². The molecule has 1 aliphatic rings. The number of carbonyl (C=O) groups is 1. The van der Waals surface area contributed by atoms with Gasteiger partial charge in [0.25, 0.3) is 15.9 Å². The van der Waals surface area contributed by atoms with Crippen molar-refractivity contribution in [2.24, 2.45) is 0 Å². The molecule has 3 aromatic carbocycles. The zero-order valence-electron chi connectivity index (χ0n) is 19.1. The lowest BCUT2D eigenvalue weighted by molar-refractivity contribution is -0.274. The number of nitrogens with zero attached hydrogens (tertiary/aromatic N) is 1. The molecule has 12 heteroatoms. The molecule has 36 heavy (non-hydrogen) atoms. The SMILES string of the molecule is COc1ccc(S(=O)(=O)N2C[C@@H](C(=O)Nc3ccc(OC(F)(F)F)cc3)Oc3cc(C)ccc32)cc1. The molecule has 8 nitrogen and oxygen atoms in total. The first kappa shape index (κ1) is 25.2. The van der Waals surface area contributed by atoms with Crippen LogP contribution in [0.5, 0.6) is 17.2 Å². The van der Waals surface area contributed by atoms with E-state index in [0.29, 0.717) is 5.75 Å². The number of hydrogen-bond donors (Lipinski definition) is 1. The molecule has 0 saturated heterocycles.